The Bertz CT molecular complexity index is 293. The van der Waals surface area contributed by atoms with Gasteiger partial charge in [-0.2, -0.15) is 13.2 Å². The molecule has 0 saturated carbocycles. The van der Waals surface area contributed by atoms with Gasteiger partial charge >= 0.3 is 6.18 Å². The van der Waals surface area contributed by atoms with E-state index in [0.29, 0.717) is 0 Å². The molecule has 0 atom stereocenters. The number of hydrogen-bond acceptors (Lipinski definition) is 2. The van der Waals surface area contributed by atoms with Gasteiger partial charge in [0.05, 0.1) is 5.69 Å². The molecule has 5 heteroatoms. The number of rotatable bonds is 0. The maximum Gasteiger partial charge on any atom is 0.435 e. The van der Waals surface area contributed by atoms with Crippen LogP contribution in [-0.2, 0) is 11.6 Å². The zero-order valence-electron chi connectivity index (χ0n) is 8.18. The van der Waals surface area contributed by atoms with Crippen LogP contribution in [0, 0.1) is 0 Å². The van der Waals surface area contributed by atoms with Gasteiger partial charge in [-0.1, -0.05) is 20.8 Å². The molecule has 0 spiro atoms. The average molecular weight is 204 g/mol. The van der Waals surface area contributed by atoms with Crippen LogP contribution < -0.4 is 0 Å². The standard InChI is InChI=1S/C9H11F3N2/c1-8(2,3)6-7(9(10,11)12)14-5-4-13-6/h4-5H,1-3H3. The zero-order valence-corrected chi connectivity index (χ0v) is 8.18. The van der Waals surface area contributed by atoms with Crippen molar-refractivity contribution in [1.82, 2.24) is 9.97 Å². The summed E-state index contributed by atoms with van der Waals surface area (Å²) in [7, 11) is 0. The van der Waals surface area contributed by atoms with Crippen molar-refractivity contribution < 1.29 is 13.2 Å². The normalized spacial score (nSPS) is 13.0. The van der Waals surface area contributed by atoms with E-state index in [1.807, 2.05) is 0 Å². The molecule has 0 N–H and O–H groups in total. The summed E-state index contributed by atoms with van der Waals surface area (Å²) in [5.74, 6) is 0. The van der Waals surface area contributed by atoms with Gasteiger partial charge in [0.15, 0.2) is 5.69 Å². The highest BCUT2D eigenvalue weighted by Gasteiger charge is 2.38. The van der Waals surface area contributed by atoms with E-state index in [0.717, 1.165) is 6.20 Å². The van der Waals surface area contributed by atoms with Crippen LogP contribution in [0.4, 0.5) is 13.2 Å². The molecular formula is C9H11F3N2. The van der Waals surface area contributed by atoms with E-state index in [1.54, 1.807) is 20.8 Å². The van der Waals surface area contributed by atoms with Crippen molar-refractivity contribution in [2.45, 2.75) is 32.4 Å². The second kappa shape index (κ2) is 3.22. The number of hydrogen-bond donors (Lipinski definition) is 0. The summed E-state index contributed by atoms with van der Waals surface area (Å²) < 4.78 is 37.4. The molecule has 0 aliphatic rings. The molecule has 0 unspecified atom stereocenters. The predicted molar refractivity (Wildman–Crippen MR) is 45.7 cm³/mol. The predicted octanol–water partition coefficient (Wildman–Crippen LogP) is 2.79. The lowest BCUT2D eigenvalue weighted by atomic mass is 9.90. The Labute approximate surface area is 80.2 Å². The molecule has 1 aromatic heterocycles. The monoisotopic (exact) mass is 204 g/mol. The first kappa shape index (κ1) is 10.9. The van der Waals surface area contributed by atoms with Gasteiger partial charge in [-0.3, -0.25) is 4.98 Å². The Balaban J connectivity index is 3.31. The topological polar surface area (TPSA) is 25.8 Å². The molecule has 0 radical (unpaired) electrons. The number of nitrogens with zero attached hydrogens (tertiary/aromatic N) is 2. The summed E-state index contributed by atoms with van der Waals surface area (Å²) in [6, 6.07) is 0. The first-order valence-electron chi connectivity index (χ1n) is 4.11. The Morgan fingerprint density at radius 1 is 0.929 bits per heavy atom. The molecule has 0 aliphatic heterocycles. The molecule has 0 saturated heterocycles. The van der Waals surface area contributed by atoms with Gasteiger partial charge in [-0.05, 0) is 0 Å². The highest BCUT2D eigenvalue weighted by Crippen LogP contribution is 2.34. The van der Waals surface area contributed by atoms with Gasteiger partial charge in [0.25, 0.3) is 0 Å². The summed E-state index contributed by atoms with van der Waals surface area (Å²) in [5.41, 5.74) is -1.57. The molecule has 1 heterocycles. The van der Waals surface area contributed by atoms with Crippen molar-refractivity contribution in [2.24, 2.45) is 0 Å². The highest BCUT2D eigenvalue weighted by molar-refractivity contribution is 5.21. The maximum absolute atomic E-state index is 12.5. The Hall–Kier alpha value is -1.13. The fourth-order valence-corrected chi connectivity index (χ4v) is 1.09. The third-order valence-electron chi connectivity index (χ3n) is 1.68. The Kier molecular flexibility index (Phi) is 2.52. The van der Waals surface area contributed by atoms with E-state index in [1.165, 1.54) is 6.20 Å². The van der Waals surface area contributed by atoms with Gasteiger partial charge in [0.1, 0.15) is 0 Å². The van der Waals surface area contributed by atoms with E-state index < -0.39 is 17.3 Å². The van der Waals surface area contributed by atoms with Crippen LogP contribution in [0.2, 0.25) is 0 Å². The number of halogens is 3. The van der Waals surface area contributed by atoms with Crippen molar-refractivity contribution in [3.05, 3.63) is 23.8 Å². The largest absolute Gasteiger partial charge is 0.435 e. The minimum atomic E-state index is -4.43. The SMILES string of the molecule is CC(C)(C)c1nccnc1C(F)(F)F. The van der Waals surface area contributed by atoms with E-state index in [-0.39, 0.29) is 5.69 Å². The molecule has 0 aromatic carbocycles. The van der Waals surface area contributed by atoms with Crippen molar-refractivity contribution in [2.75, 3.05) is 0 Å². The molecular weight excluding hydrogens is 193 g/mol. The van der Waals surface area contributed by atoms with Crippen LogP contribution in [0.25, 0.3) is 0 Å². The quantitative estimate of drug-likeness (QED) is 0.649. The molecule has 1 rings (SSSR count). The fraction of sp³-hybridized carbons (Fsp3) is 0.556. The molecule has 1 aromatic rings. The van der Waals surface area contributed by atoms with Crippen LogP contribution in [0.5, 0.6) is 0 Å². The first-order valence-corrected chi connectivity index (χ1v) is 4.11. The summed E-state index contributed by atoms with van der Waals surface area (Å²) in [6.07, 6.45) is -2.11. The third-order valence-corrected chi connectivity index (χ3v) is 1.68. The maximum atomic E-state index is 12.5. The van der Waals surface area contributed by atoms with E-state index in [2.05, 4.69) is 9.97 Å². The molecule has 0 bridgehead atoms. The fourth-order valence-electron chi connectivity index (χ4n) is 1.09. The van der Waals surface area contributed by atoms with Crippen LogP contribution in [0.15, 0.2) is 12.4 Å². The van der Waals surface area contributed by atoms with Crippen LogP contribution in [0.3, 0.4) is 0 Å². The lowest BCUT2D eigenvalue weighted by Crippen LogP contribution is -2.22. The minimum absolute atomic E-state index is 0.0208. The highest BCUT2D eigenvalue weighted by atomic mass is 19.4. The molecule has 0 fully saturated rings. The van der Waals surface area contributed by atoms with Gasteiger partial charge < -0.3 is 0 Å². The van der Waals surface area contributed by atoms with E-state index >= 15 is 0 Å². The number of aromatic nitrogens is 2. The lowest BCUT2D eigenvalue weighted by Gasteiger charge is -2.21. The van der Waals surface area contributed by atoms with Crippen molar-refractivity contribution in [3.63, 3.8) is 0 Å². The Morgan fingerprint density at radius 2 is 1.36 bits per heavy atom. The minimum Gasteiger partial charge on any atom is -0.257 e. The summed E-state index contributed by atoms with van der Waals surface area (Å²) in [6.45, 7) is 5.02. The second-order valence-corrected chi connectivity index (χ2v) is 4.00. The van der Waals surface area contributed by atoms with Crippen molar-refractivity contribution in [3.8, 4) is 0 Å². The van der Waals surface area contributed by atoms with Crippen LogP contribution in [-0.4, -0.2) is 9.97 Å². The van der Waals surface area contributed by atoms with Crippen molar-refractivity contribution >= 4 is 0 Å². The average Bonchev–Trinajstić information content (AvgIpc) is 2.01. The van der Waals surface area contributed by atoms with Gasteiger partial charge in [0.2, 0.25) is 0 Å². The Morgan fingerprint density at radius 3 is 1.64 bits per heavy atom. The van der Waals surface area contributed by atoms with E-state index in [9.17, 15) is 13.2 Å². The molecule has 0 amide bonds. The second-order valence-electron chi connectivity index (χ2n) is 4.00. The first-order chi connectivity index (χ1) is 6.23. The molecule has 78 valence electrons. The summed E-state index contributed by atoms with van der Waals surface area (Å²) >= 11 is 0. The van der Waals surface area contributed by atoms with E-state index in [4.69, 9.17) is 0 Å². The third kappa shape index (κ3) is 2.21. The van der Waals surface area contributed by atoms with Gasteiger partial charge in [-0.15, -0.1) is 0 Å². The van der Waals surface area contributed by atoms with Crippen molar-refractivity contribution in [1.29, 1.82) is 0 Å². The summed E-state index contributed by atoms with van der Waals surface area (Å²) in [5, 5.41) is 0. The zero-order chi connectivity index (χ0) is 11.0. The smallest absolute Gasteiger partial charge is 0.257 e. The van der Waals surface area contributed by atoms with Crippen LogP contribution >= 0.6 is 0 Å². The van der Waals surface area contributed by atoms with Gasteiger partial charge in [0, 0.05) is 17.8 Å². The lowest BCUT2D eigenvalue weighted by molar-refractivity contribution is -0.142. The molecule has 14 heavy (non-hydrogen) atoms. The van der Waals surface area contributed by atoms with Crippen LogP contribution in [0.1, 0.15) is 32.2 Å². The molecule has 2 nitrogen and oxygen atoms in total. The molecule has 0 aliphatic carbocycles. The van der Waals surface area contributed by atoms with Gasteiger partial charge in [-0.25, -0.2) is 4.98 Å². The summed E-state index contributed by atoms with van der Waals surface area (Å²) in [4.78, 5) is 7.06. The number of alkyl halides is 3.